The molecular formula is C11H22N2O2. The Balaban J connectivity index is 2.76. The number of carbonyl (C=O) groups is 1. The lowest BCUT2D eigenvalue weighted by Gasteiger charge is -2.32. The first-order valence-corrected chi connectivity index (χ1v) is 5.74. The van der Waals surface area contributed by atoms with Gasteiger partial charge in [-0.15, -0.1) is 0 Å². The molecule has 1 rings (SSSR count). The highest BCUT2D eigenvalue weighted by atomic mass is 16.3. The van der Waals surface area contributed by atoms with E-state index in [2.05, 4.69) is 12.2 Å². The van der Waals surface area contributed by atoms with E-state index >= 15 is 0 Å². The van der Waals surface area contributed by atoms with Crippen molar-refractivity contribution in [2.45, 2.75) is 51.7 Å². The van der Waals surface area contributed by atoms with Gasteiger partial charge in [0.2, 0.25) is 5.91 Å². The van der Waals surface area contributed by atoms with Gasteiger partial charge in [-0.3, -0.25) is 4.79 Å². The second-order valence-corrected chi connectivity index (χ2v) is 4.50. The lowest BCUT2D eigenvalue weighted by atomic mass is 10.1. The number of hydrogen-bond acceptors (Lipinski definition) is 3. The van der Waals surface area contributed by atoms with Gasteiger partial charge in [0.25, 0.3) is 0 Å². The van der Waals surface area contributed by atoms with Gasteiger partial charge in [-0.1, -0.05) is 0 Å². The summed E-state index contributed by atoms with van der Waals surface area (Å²) in [6.45, 7) is 7.07. The van der Waals surface area contributed by atoms with Crippen LogP contribution < -0.4 is 5.32 Å². The van der Waals surface area contributed by atoms with Crippen LogP contribution in [0.3, 0.4) is 0 Å². The molecule has 2 N–H and O–H groups in total. The average Bonchev–Trinajstić information content (AvgIpc) is 2.27. The van der Waals surface area contributed by atoms with Crippen LogP contribution in [0.4, 0.5) is 0 Å². The first-order chi connectivity index (χ1) is 7.07. The maximum Gasteiger partial charge on any atom is 0.240 e. The van der Waals surface area contributed by atoms with Crippen LogP contribution in [0, 0.1) is 0 Å². The number of nitrogens with zero attached hydrogens (tertiary/aromatic N) is 1. The van der Waals surface area contributed by atoms with Crippen molar-refractivity contribution in [3.05, 3.63) is 0 Å². The van der Waals surface area contributed by atoms with Crippen LogP contribution in [0.2, 0.25) is 0 Å². The van der Waals surface area contributed by atoms with Crippen molar-refractivity contribution in [1.29, 1.82) is 0 Å². The Morgan fingerprint density at radius 3 is 2.80 bits per heavy atom. The molecule has 15 heavy (non-hydrogen) atoms. The molecule has 0 aromatic carbocycles. The van der Waals surface area contributed by atoms with E-state index in [4.69, 9.17) is 5.11 Å². The quantitative estimate of drug-likeness (QED) is 0.713. The molecule has 1 aliphatic heterocycles. The summed E-state index contributed by atoms with van der Waals surface area (Å²) < 4.78 is 0. The van der Waals surface area contributed by atoms with Gasteiger partial charge in [0, 0.05) is 18.7 Å². The molecule has 1 fully saturated rings. The summed E-state index contributed by atoms with van der Waals surface area (Å²) in [6, 6.07) is 0.310. The standard InChI is InChI=1S/C11H22N2O2/c1-8(2)13-9(3)4-6-12-10(5-7-14)11(13)15/h8-10,12,14H,4-7H2,1-3H3. The van der Waals surface area contributed by atoms with Gasteiger partial charge in [0.05, 0.1) is 6.04 Å². The Morgan fingerprint density at radius 2 is 2.27 bits per heavy atom. The van der Waals surface area contributed by atoms with Gasteiger partial charge >= 0.3 is 0 Å². The van der Waals surface area contributed by atoms with E-state index in [-0.39, 0.29) is 30.6 Å². The highest BCUT2D eigenvalue weighted by Gasteiger charge is 2.31. The van der Waals surface area contributed by atoms with Gasteiger partial charge < -0.3 is 15.3 Å². The molecule has 0 saturated carbocycles. The van der Waals surface area contributed by atoms with Crippen LogP contribution in [-0.4, -0.2) is 47.2 Å². The minimum Gasteiger partial charge on any atom is -0.396 e. The predicted octanol–water partition coefficient (Wildman–Crippen LogP) is 0.356. The van der Waals surface area contributed by atoms with E-state index in [0.29, 0.717) is 6.42 Å². The Bertz CT molecular complexity index is 219. The number of aliphatic hydroxyl groups excluding tert-OH is 1. The van der Waals surface area contributed by atoms with Gasteiger partial charge in [-0.2, -0.15) is 0 Å². The Kier molecular flexibility index (Phi) is 4.54. The molecule has 0 aliphatic carbocycles. The van der Waals surface area contributed by atoms with Gasteiger partial charge in [-0.25, -0.2) is 0 Å². The number of hydrogen-bond donors (Lipinski definition) is 2. The minimum absolute atomic E-state index is 0.0592. The Hall–Kier alpha value is -0.610. The maximum absolute atomic E-state index is 12.1. The molecule has 0 radical (unpaired) electrons. The molecule has 0 spiro atoms. The van der Waals surface area contributed by atoms with Crippen molar-refractivity contribution in [1.82, 2.24) is 10.2 Å². The summed E-state index contributed by atoms with van der Waals surface area (Å²) in [4.78, 5) is 14.1. The van der Waals surface area contributed by atoms with Crippen LogP contribution in [0.5, 0.6) is 0 Å². The van der Waals surface area contributed by atoms with Gasteiger partial charge in [-0.05, 0) is 40.2 Å². The topological polar surface area (TPSA) is 52.6 Å². The van der Waals surface area contributed by atoms with Crippen molar-refractivity contribution in [2.24, 2.45) is 0 Å². The van der Waals surface area contributed by atoms with Crippen LogP contribution in [-0.2, 0) is 4.79 Å². The summed E-state index contributed by atoms with van der Waals surface area (Å²) in [6.07, 6.45) is 1.49. The van der Waals surface area contributed by atoms with Crippen molar-refractivity contribution in [2.75, 3.05) is 13.2 Å². The van der Waals surface area contributed by atoms with Gasteiger partial charge in [0.15, 0.2) is 0 Å². The largest absolute Gasteiger partial charge is 0.396 e. The molecule has 0 aromatic rings. The second-order valence-electron chi connectivity index (χ2n) is 4.50. The summed E-state index contributed by atoms with van der Waals surface area (Å²) in [5, 5.41) is 12.1. The molecule has 2 unspecified atom stereocenters. The summed E-state index contributed by atoms with van der Waals surface area (Å²) >= 11 is 0. The van der Waals surface area contributed by atoms with Crippen LogP contribution in [0.25, 0.3) is 0 Å². The van der Waals surface area contributed by atoms with E-state index in [9.17, 15) is 4.79 Å². The Morgan fingerprint density at radius 1 is 1.60 bits per heavy atom. The third kappa shape index (κ3) is 2.92. The number of nitrogens with one attached hydrogen (secondary N) is 1. The first-order valence-electron chi connectivity index (χ1n) is 5.74. The minimum atomic E-state index is -0.206. The Labute approximate surface area is 91.6 Å². The van der Waals surface area contributed by atoms with Crippen LogP contribution in [0.15, 0.2) is 0 Å². The van der Waals surface area contributed by atoms with Crippen LogP contribution >= 0.6 is 0 Å². The van der Waals surface area contributed by atoms with E-state index < -0.39 is 0 Å². The van der Waals surface area contributed by atoms with Crippen molar-refractivity contribution in [3.8, 4) is 0 Å². The van der Waals surface area contributed by atoms with Crippen LogP contribution in [0.1, 0.15) is 33.6 Å². The summed E-state index contributed by atoms with van der Waals surface area (Å²) in [7, 11) is 0. The first kappa shape index (κ1) is 12.5. The molecule has 0 bridgehead atoms. The summed E-state index contributed by atoms with van der Waals surface area (Å²) in [5.74, 6) is 0.129. The van der Waals surface area contributed by atoms with E-state index in [1.54, 1.807) is 0 Å². The number of rotatable bonds is 3. The molecular weight excluding hydrogens is 192 g/mol. The fraction of sp³-hybridized carbons (Fsp3) is 0.909. The SMILES string of the molecule is CC(C)N1C(=O)C(CCO)NCCC1C. The molecule has 4 heteroatoms. The van der Waals surface area contributed by atoms with Crippen molar-refractivity contribution in [3.63, 3.8) is 0 Å². The maximum atomic E-state index is 12.1. The predicted molar refractivity (Wildman–Crippen MR) is 59.6 cm³/mol. The number of aliphatic hydroxyl groups is 1. The zero-order valence-corrected chi connectivity index (χ0v) is 9.86. The lowest BCUT2D eigenvalue weighted by molar-refractivity contribution is -0.136. The molecule has 1 saturated heterocycles. The smallest absolute Gasteiger partial charge is 0.240 e. The highest BCUT2D eigenvalue weighted by Crippen LogP contribution is 2.15. The van der Waals surface area contributed by atoms with Gasteiger partial charge in [0.1, 0.15) is 0 Å². The van der Waals surface area contributed by atoms with E-state index in [0.717, 1.165) is 13.0 Å². The monoisotopic (exact) mass is 214 g/mol. The third-order valence-electron chi connectivity index (χ3n) is 2.95. The number of carbonyl (C=O) groups excluding carboxylic acids is 1. The molecule has 2 atom stereocenters. The molecule has 1 heterocycles. The zero-order valence-electron chi connectivity index (χ0n) is 9.86. The molecule has 4 nitrogen and oxygen atoms in total. The van der Waals surface area contributed by atoms with Crippen molar-refractivity contribution >= 4 is 5.91 Å². The normalized spacial score (nSPS) is 28.3. The second kappa shape index (κ2) is 5.47. The summed E-state index contributed by atoms with van der Waals surface area (Å²) in [5.41, 5.74) is 0. The lowest BCUT2D eigenvalue weighted by Crippen LogP contribution is -2.49. The zero-order chi connectivity index (χ0) is 11.4. The van der Waals surface area contributed by atoms with E-state index in [1.165, 1.54) is 0 Å². The number of amides is 1. The average molecular weight is 214 g/mol. The molecule has 0 aromatic heterocycles. The fourth-order valence-electron chi connectivity index (χ4n) is 2.21. The highest BCUT2D eigenvalue weighted by molar-refractivity contribution is 5.82. The third-order valence-corrected chi connectivity index (χ3v) is 2.95. The molecule has 1 aliphatic rings. The fourth-order valence-corrected chi connectivity index (χ4v) is 2.21. The molecule has 88 valence electrons. The molecule has 1 amide bonds. The van der Waals surface area contributed by atoms with E-state index in [1.807, 2.05) is 18.7 Å². The van der Waals surface area contributed by atoms with Crippen molar-refractivity contribution < 1.29 is 9.90 Å².